The molecule has 0 unspecified atom stereocenters. The molecule has 2 N–H and O–H groups in total. The quantitative estimate of drug-likeness (QED) is 0.763. The van der Waals surface area contributed by atoms with Crippen LogP contribution in [0, 0.1) is 13.8 Å². The Kier molecular flexibility index (Phi) is 6.01. The van der Waals surface area contributed by atoms with Gasteiger partial charge in [0.05, 0.1) is 5.69 Å². The second-order valence-corrected chi connectivity index (χ2v) is 6.69. The van der Waals surface area contributed by atoms with Gasteiger partial charge in [-0.1, -0.05) is 30.3 Å². The third kappa shape index (κ3) is 4.66. The van der Waals surface area contributed by atoms with Gasteiger partial charge in [-0.05, 0) is 19.4 Å². The number of hydrogen-bond donors (Lipinski definition) is 2. The summed E-state index contributed by atoms with van der Waals surface area (Å²) in [4.78, 5) is 5.11. The third-order valence-electron chi connectivity index (χ3n) is 4.90. The van der Waals surface area contributed by atoms with Gasteiger partial charge in [-0.25, -0.2) is 0 Å². The highest BCUT2D eigenvalue weighted by Gasteiger charge is 2.16. The SMILES string of the molecule is Cc1n[nH]c(C)c1CNCCN1CCN(Cc2ccccc2)CC1. The van der Waals surface area contributed by atoms with Crippen molar-refractivity contribution in [1.82, 2.24) is 25.3 Å². The first-order valence-corrected chi connectivity index (χ1v) is 8.92. The van der Waals surface area contributed by atoms with Crippen LogP contribution < -0.4 is 5.32 Å². The number of benzene rings is 1. The Morgan fingerprint density at radius 3 is 2.42 bits per heavy atom. The number of piperazine rings is 1. The van der Waals surface area contributed by atoms with E-state index in [9.17, 15) is 0 Å². The zero-order valence-corrected chi connectivity index (χ0v) is 14.9. The van der Waals surface area contributed by atoms with Crippen molar-refractivity contribution in [2.24, 2.45) is 0 Å². The predicted octanol–water partition coefficient (Wildman–Crippen LogP) is 1.93. The van der Waals surface area contributed by atoms with Gasteiger partial charge in [0, 0.05) is 63.6 Å². The molecule has 0 bridgehead atoms. The molecular weight excluding hydrogens is 298 g/mol. The summed E-state index contributed by atoms with van der Waals surface area (Å²) in [5.41, 5.74) is 5.00. The van der Waals surface area contributed by atoms with Crippen LogP contribution in [0.3, 0.4) is 0 Å². The molecule has 1 aliphatic heterocycles. The second-order valence-electron chi connectivity index (χ2n) is 6.69. The molecule has 1 aromatic heterocycles. The zero-order valence-electron chi connectivity index (χ0n) is 14.9. The Morgan fingerprint density at radius 1 is 1.04 bits per heavy atom. The molecule has 1 saturated heterocycles. The Bertz CT molecular complexity index is 594. The first kappa shape index (κ1) is 17.1. The summed E-state index contributed by atoms with van der Waals surface area (Å²) in [7, 11) is 0. The van der Waals surface area contributed by atoms with E-state index in [0.717, 1.165) is 58.1 Å². The normalized spacial score (nSPS) is 16.6. The molecule has 0 atom stereocenters. The maximum atomic E-state index is 4.25. The number of nitrogens with zero attached hydrogens (tertiary/aromatic N) is 3. The van der Waals surface area contributed by atoms with Crippen LogP contribution in [0.2, 0.25) is 0 Å². The number of nitrogens with one attached hydrogen (secondary N) is 2. The molecule has 1 aromatic carbocycles. The van der Waals surface area contributed by atoms with E-state index in [2.05, 4.69) is 69.5 Å². The number of aromatic nitrogens is 2. The number of rotatable bonds is 7. The van der Waals surface area contributed by atoms with Crippen LogP contribution in [0.4, 0.5) is 0 Å². The summed E-state index contributed by atoms with van der Waals surface area (Å²) >= 11 is 0. The minimum atomic E-state index is 0.905. The van der Waals surface area contributed by atoms with Crippen molar-refractivity contribution in [3.8, 4) is 0 Å². The molecule has 3 rings (SSSR count). The first-order valence-electron chi connectivity index (χ1n) is 8.92. The van der Waals surface area contributed by atoms with Crippen LogP contribution in [0.5, 0.6) is 0 Å². The summed E-state index contributed by atoms with van der Waals surface area (Å²) in [6.45, 7) is 12.9. The van der Waals surface area contributed by atoms with Crippen molar-refractivity contribution in [2.75, 3.05) is 39.3 Å². The number of H-pyrrole nitrogens is 1. The molecule has 2 heterocycles. The van der Waals surface area contributed by atoms with E-state index in [1.807, 2.05) is 0 Å². The number of hydrogen-bond acceptors (Lipinski definition) is 4. The number of aromatic amines is 1. The van der Waals surface area contributed by atoms with Gasteiger partial charge in [0.15, 0.2) is 0 Å². The Balaban J connectivity index is 1.33. The van der Waals surface area contributed by atoms with Crippen LogP contribution in [0.1, 0.15) is 22.5 Å². The van der Waals surface area contributed by atoms with E-state index in [1.165, 1.54) is 16.8 Å². The van der Waals surface area contributed by atoms with Gasteiger partial charge in [-0.2, -0.15) is 5.10 Å². The molecule has 1 aliphatic rings. The molecule has 0 amide bonds. The van der Waals surface area contributed by atoms with Crippen molar-refractivity contribution < 1.29 is 0 Å². The minimum absolute atomic E-state index is 0.905. The zero-order chi connectivity index (χ0) is 16.8. The van der Waals surface area contributed by atoms with Crippen LogP contribution in [-0.4, -0.2) is 59.3 Å². The highest BCUT2D eigenvalue weighted by atomic mass is 15.3. The summed E-state index contributed by atoms with van der Waals surface area (Å²) in [6.07, 6.45) is 0. The van der Waals surface area contributed by atoms with Gasteiger partial charge in [0.2, 0.25) is 0 Å². The van der Waals surface area contributed by atoms with Crippen molar-refractivity contribution in [3.05, 3.63) is 52.8 Å². The van der Waals surface area contributed by atoms with E-state index in [4.69, 9.17) is 0 Å². The summed E-state index contributed by atoms with van der Waals surface area (Å²) in [5.74, 6) is 0. The molecule has 0 aliphatic carbocycles. The van der Waals surface area contributed by atoms with Gasteiger partial charge in [0.1, 0.15) is 0 Å². The lowest BCUT2D eigenvalue weighted by Gasteiger charge is -2.34. The lowest BCUT2D eigenvalue weighted by molar-refractivity contribution is 0.127. The van der Waals surface area contributed by atoms with E-state index in [0.29, 0.717) is 0 Å². The van der Waals surface area contributed by atoms with E-state index < -0.39 is 0 Å². The molecule has 0 radical (unpaired) electrons. The summed E-state index contributed by atoms with van der Waals surface area (Å²) < 4.78 is 0. The molecular formula is C19H29N5. The molecule has 5 heteroatoms. The summed E-state index contributed by atoms with van der Waals surface area (Å²) in [5, 5.41) is 10.8. The lowest BCUT2D eigenvalue weighted by Crippen LogP contribution is -2.47. The molecule has 24 heavy (non-hydrogen) atoms. The van der Waals surface area contributed by atoms with Gasteiger partial charge in [-0.3, -0.25) is 14.9 Å². The smallest absolute Gasteiger partial charge is 0.0638 e. The molecule has 130 valence electrons. The lowest BCUT2D eigenvalue weighted by atomic mass is 10.2. The van der Waals surface area contributed by atoms with Gasteiger partial charge >= 0.3 is 0 Å². The van der Waals surface area contributed by atoms with E-state index in [-0.39, 0.29) is 0 Å². The van der Waals surface area contributed by atoms with Gasteiger partial charge < -0.3 is 5.32 Å². The summed E-state index contributed by atoms with van der Waals surface area (Å²) in [6, 6.07) is 10.8. The third-order valence-corrected chi connectivity index (χ3v) is 4.90. The minimum Gasteiger partial charge on any atom is -0.311 e. The molecule has 2 aromatic rings. The van der Waals surface area contributed by atoms with Crippen molar-refractivity contribution >= 4 is 0 Å². The van der Waals surface area contributed by atoms with E-state index in [1.54, 1.807) is 0 Å². The van der Waals surface area contributed by atoms with E-state index >= 15 is 0 Å². The van der Waals surface area contributed by atoms with Gasteiger partial charge in [0.25, 0.3) is 0 Å². The standard InChI is InChI=1S/C19H29N5/c1-16-19(17(2)22-21-16)14-20-8-9-23-10-12-24(13-11-23)15-18-6-4-3-5-7-18/h3-7,20H,8-15H2,1-2H3,(H,21,22). The number of aryl methyl sites for hydroxylation is 2. The highest BCUT2D eigenvalue weighted by Crippen LogP contribution is 2.09. The van der Waals surface area contributed by atoms with Gasteiger partial charge in [-0.15, -0.1) is 0 Å². The average Bonchev–Trinajstić information content (AvgIpc) is 2.93. The Morgan fingerprint density at radius 2 is 1.75 bits per heavy atom. The van der Waals surface area contributed by atoms with Crippen molar-refractivity contribution in [3.63, 3.8) is 0 Å². The first-order chi connectivity index (χ1) is 11.7. The maximum Gasteiger partial charge on any atom is 0.0638 e. The molecule has 0 spiro atoms. The fourth-order valence-electron chi connectivity index (χ4n) is 3.30. The van der Waals surface area contributed by atoms with Crippen molar-refractivity contribution in [2.45, 2.75) is 26.9 Å². The molecule has 0 saturated carbocycles. The highest BCUT2D eigenvalue weighted by molar-refractivity contribution is 5.22. The Hall–Kier alpha value is -1.69. The second kappa shape index (κ2) is 8.42. The monoisotopic (exact) mass is 327 g/mol. The fraction of sp³-hybridized carbons (Fsp3) is 0.526. The van der Waals surface area contributed by atoms with Crippen LogP contribution in [-0.2, 0) is 13.1 Å². The predicted molar refractivity (Wildman–Crippen MR) is 97.9 cm³/mol. The average molecular weight is 327 g/mol. The Labute approximate surface area is 145 Å². The van der Waals surface area contributed by atoms with Crippen molar-refractivity contribution in [1.29, 1.82) is 0 Å². The maximum absolute atomic E-state index is 4.25. The molecule has 5 nitrogen and oxygen atoms in total. The fourth-order valence-corrected chi connectivity index (χ4v) is 3.30. The topological polar surface area (TPSA) is 47.2 Å². The molecule has 1 fully saturated rings. The van der Waals surface area contributed by atoms with Crippen LogP contribution >= 0.6 is 0 Å². The van der Waals surface area contributed by atoms with Crippen LogP contribution in [0.15, 0.2) is 30.3 Å². The van der Waals surface area contributed by atoms with Crippen LogP contribution in [0.25, 0.3) is 0 Å². The largest absolute Gasteiger partial charge is 0.311 e.